The molecular weight excluding hydrogens is 520 g/mol. The molecule has 1 unspecified atom stereocenters. The molecule has 2 heterocycles. The van der Waals surface area contributed by atoms with Crippen LogP contribution in [0.5, 0.6) is 11.5 Å². The third kappa shape index (κ3) is 4.57. The Bertz CT molecular complexity index is 1590. The van der Waals surface area contributed by atoms with Gasteiger partial charge in [0.25, 0.3) is 5.91 Å². The van der Waals surface area contributed by atoms with Gasteiger partial charge in [0, 0.05) is 40.9 Å². The van der Waals surface area contributed by atoms with Crippen LogP contribution in [-0.2, 0) is 4.79 Å². The summed E-state index contributed by atoms with van der Waals surface area (Å²) in [5.41, 5.74) is 2.20. The Balaban J connectivity index is 1.61. The van der Waals surface area contributed by atoms with Crippen molar-refractivity contribution in [3.63, 3.8) is 0 Å². The quantitative estimate of drug-likeness (QED) is 0.245. The number of Topliss-reactive ketones (excluding diaryl/α,β-unsaturated/α-hetero) is 1. The van der Waals surface area contributed by atoms with E-state index in [0.717, 1.165) is 18.8 Å². The molecule has 3 aromatic carbocycles. The van der Waals surface area contributed by atoms with E-state index in [1.807, 2.05) is 12.1 Å². The van der Waals surface area contributed by atoms with Gasteiger partial charge in [-0.25, -0.2) is 0 Å². The smallest absolute Gasteiger partial charge is 0.294 e. The Morgan fingerprint density at radius 3 is 2.31 bits per heavy atom. The van der Waals surface area contributed by atoms with Crippen molar-refractivity contribution in [2.75, 3.05) is 30.0 Å². The molecule has 1 aliphatic rings. The molecule has 0 fully saturated rings. The highest BCUT2D eigenvalue weighted by molar-refractivity contribution is 6.31. The summed E-state index contributed by atoms with van der Waals surface area (Å²) in [7, 11) is 1.46. The highest BCUT2D eigenvalue weighted by Gasteiger charge is 2.45. The molecule has 2 N–H and O–H groups in total. The number of methoxy groups -OCH3 is 1. The lowest BCUT2D eigenvalue weighted by Gasteiger charge is -2.28. The van der Waals surface area contributed by atoms with E-state index < -0.39 is 23.5 Å². The number of phenols is 1. The molecule has 0 aliphatic carbocycles. The third-order valence-electron chi connectivity index (χ3n) is 6.91. The summed E-state index contributed by atoms with van der Waals surface area (Å²) >= 11 is 6.18. The first-order valence-electron chi connectivity index (χ1n) is 12.5. The van der Waals surface area contributed by atoms with Gasteiger partial charge in [-0.3, -0.25) is 14.5 Å². The number of hydrogen-bond donors (Lipinski definition) is 2. The zero-order valence-corrected chi connectivity index (χ0v) is 22.4. The zero-order valence-electron chi connectivity index (χ0n) is 21.6. The first-order valence-corrected chi connectivity index (χ1v) is 12.9. The minimum atomic E-state index is -0.969. The van der Waals surface area contributed by atoms with Gasteiger partial charge in [0.15, 0.2) is 22.9 Å². The predicted octanol–water partition coefficient (Wildman–Crippen LogP) is 6.43. The molecule has 1 aliphatic heterocycles. The summed E-state index contributed by atoms with van der Waals surface area (Å²) in [4.78, 5) is 30.9. The number of aliphatic hydroxyl groups excluding tert-OH is 1. The van der Waals surface area contributed by atoms with E-state index in [2.05, 4.69) is 18.7 Å². The Kier molecular flexibility index (Phi) is 6.97. The van der Waals surface area contributed by atoms with Crippen LogP contribution < -0.4 is 14.5 Å². The van der Waals surface area contributed by atoms with Gasteiger partial charge in [-0.05, 0) is 67.9 Å². The second-order valence-electron chi connectivity index (χ2n) is 9.09. The number of anilines is 2. The molecule has 200 valence electrons. The molecule has 39 heavy (non-hydrogen) atoms. The number of ether oxygens (including phenoxy) is 1. The molecule has 0 radical (unpaired) electrons. The van der Waals surface area contributed by atoms with E-state index in [0.29, 0.717) is 33.0 Å². The van der Waals surface area contributed by atoms with Gasteiger partial charge in [-0.15, -0.1) is 0 Å². The number of carbonyl (C=O) groups excluding carboxylic acids is 2. The lowest BCUT2D eigenvalue weighted by Crippen LogP contribution is -2.31. The summed E-state index contributed by atoms with van der Waals surface area (Å²) in [5, 5.41) is 21.9. The number of amides is 1. The molecule has 5 rings (SSSR count). The molecule has 1 amide bonds. The maximum absolute atomic E-state index is 13.9. The topological polar surface area (TPSA) is 103 Å². The average Bonchev–Trinajstić information content (AvgIpc) is 3.48. The second kappa shape index (κ2) is 10.4. The fourth-order valence-corrected chi connectivity index (χ4v) is 5.19. The number of furan rings is 1. The van der Waals surface area contributed by atoms with Gasteiger partial charge >= 0.3 is 0 Å². The lowest BCUT2D eigenvalue weighted by molar-refractivity contribution is -0.117. The van der Waals surface area contributed by atoms with E-state index in [-0.39, 0.29) is 17.1 Å². The van der Waals surface area contributed by atoms with E-state index in [1.165, 1.54) is 30.2 Å². The fourth-order valence-electron chi connectivity index (χ4n) is 4.97. The number of nitrogens with zero attached hydrogens (tertiary/aromatic N) is 2. The number of aromatic hydroxyl groups is 1. The Hall–Kier alpha value is -4.43. The normalized spacial score (nSPS) is 15.3. The van der Waals surface area contributed by atoms with Crippen LogP contribution in [0.15, 0.2) is 82.5 Å². The van der Waals surface area contributed by atoms with Crippen molar-refractivity contribution in [2.24, 2.45) is 0 Å². The maximum atomic E-state index is 13.9. The van der Waals surface area contributed by atoms with E-state index in [9.17, 15) is 19.8 Å². The first kappa shape index (κ1) is 26.2. The van der Waals surface area contributed by atoms with Gasteiger partial charge in [0.05, 0.1) is 18.7 Å². The number of ketones is 1. The lowest BCUT2D eigenvalue weighted by atomic mass is 9.94. The largest absolute Gasteiger partial charge is 0.508 e. The fraction of sp³-hybridized carbons (Fsp3) is 0.200. The molecular formula is C30H27ClN2O6. The van der Waals surface area contributed by atoms with Crippen molar-refractivity contribution < 1.29 is 29.0 Å². The molecule has 1 aromatic heterocycles. The number of carbonyl (C=O) groups is 2. The van der Waals surface area contributed by atoms with Crippen molar-refractivity contribution in [3.05, 3.63) is 94.4 Å². The van der Waals surface area contributed by atoms with Gasteiger partial charge < -0.3 is 24.3 Å². The van der Waals surface area contributed by atoms with Crippen LogP contribution >= 0.6 is 11.6 Å². The van der Waals surface area contributed by atoms with Crippen molar-refractivity contribution in [3.8, 4) is 11.5 Å². The van der Waals surface area contributed by atoms with Crippen LogP contribution in [0, 0.1) is 0 Å². The Morgan fingerprint density at radius 2 is 1.69 bits per heavy atom. The number of aliphatic hydroxyl groups is 1. The van der Waals surface area contributed by atoms with E-state index >= 15 is 0 Å². The number of halogens is 1. The summed E-state index contributed by atoms with van der Waals surface area (Å²) in [6, 6.07) is 17.3. The summed E-state index contributed by atoms with van der Waals surface area (Å²) < 4.78 is 11.2. The number of phenolic OH excluding ortho intramolecular Hbond substituents is 1. The maximum Gasteiger partial charge on any atom is 0.294 e. The number of fused-ring (bicyclic) bond motifs is 1. The highest BCUT2D eigenvalue weighted by Crippen LogP contribution is 2.43. The van der Waals surface area contributed by atoms with Gasteiger partial charge in [-0.2, -0.15) is 0 Å². The van der Waals surface area contributed by atoms with Gasteiger partial charge in [-0.1, -0.05) is 23.7 Å². The molecule has 8 nitrogen and oxygen atoms in total. The zero-order chi connectivity index (χ0) is 27.8. The standard InChI is InChI=1S/C30H27ClN2O6/c1-4-32(5-2)20-8-10-21(11-9-20)33-26(17-6-12-22(34)13-7-17)25(28(36)30(33)37)27(35)23-15-18-14-19(31)16-24(38-3)29(18)39-23/h6-16,26,34,36H,4-5H2,1-3H3. The summed E-state index contributed by atoms with van der Waals surface area (Å²) in [5.74, 6) is -1.75. The number of benzene rings is 3. The van der Waals surface area contributed by atoms with Crippen molar-refractivity contribution >= 4 is 45.6 Å². The first-order chi connectivity index (χ1) is 18.8. The predicted molar refractivity (Wildman–Crippen MR) is 150 cm³/mol. The highest BCUT2D eigenvalue weighted by atomic mass is 35.5. The van der Waals surface area contributed by atoms with Crippen molar-refractivity contribution in [1.82, 2.24) is 0 Å². The van der Waals surface area contributed by atoms with Crippen LogP contribution in [0.25, 0.3) is 11.0 Å². The molecule has 0 bridgehead atoms. The second-order valence-corrected chi connectivity index (χ2v) is 9.52. The summed E-state index contributed by atoms with van der Waals surface area (Å²) in [6.45, 7) is 5.76. The third-order valence-corrected chi connectivity index (χ3v) is 7.13. The van der Waals surface area contributed by atoms with Crippen molar-refractivity contribution in [1.29, 1.82) is 0 Å². The van der Waals surface area contributed by atoms with E-state index in [4.69, 9.17) is 20.8 Å². The number of hydrogen-bond acceptors (Lipinski definition) is 7. The van der Waals surface area contributed by atoms with Gasteiger partial charge in [0.1, 0.15) is 5.75 Å². The number of rotatable bonds is 8. The minimum Gasteiger partial charge on any atom is -0.508 e. The Labute approximate surface area is 230 Å². The van der Waals surface area contributed by atoms with Crippen molar-refractivity contribution in [2.45, 2.75) is 19.9 Å². The van der Waals surface area contributed by atoms with E-state index in [1.54, 1.807) is 36.4 Å². The van der Waals surface area contributed by atoms with Gasteiger partial charge in [0.2, 0.25) is 5.78 Å². The van der Waals surface area contributed by atoms with Crippen LogP contribution in [0.3, 0.4) is 0 Å². The molecule has 1 atom stereocenters. The average molecular weight is 547 g/mol. The van der Waals surface area contributed by atoms with Crippen LogP contribution in [-0.4, -0.2) is 42.1 Å². The monoisotopic (exact) mass is 546 g/mol. The molecule has 9 heteroatoms. The molecule has 0 saturated heterocycles. The van der Waals surface area contributed by atoms with Crippen LogP contribution in [0.1, 0.15) is 36.0 Å². The SMILES string of the molecule is CCN(CC)c1ccc(N2C(=O)C(O)=C(C(=O)c3cc4cc(Cl)cc(OC)c4o3)C2c2ccc(O)cc2)cc1. The summed E-state index contributed by atoms with van der Waals surface area (Å²) in [6.07, 6.45) is 0. The Morgan fingerprint density at radius 1 is 1.03 bits per heavy atom. The van der Waals surface area contributed by atoms with Crippen LogP contribution in [0.4, 0.5) is 11.4 Å². The van der Waals surface area contributed by atoms with Crippen LogP contribution in [0.2, 0.25) is 5.02 Å². The molecule has 0 spiro atoms. The minimum absolute atomic E-state index is 0.0283. The molecule has 4 aromatic rings. The molecule has 0 saturated carbocycles.